The second-order valence-corrected chi connectivity index (χ2v) is 9.66. The van der Waals surface area contributed by atoms with Crippen LogP contribution in [0.1, 0.15) is 55.4 Å². The first-order chi connectivity index (χ1) is 14.4. The van der Waals surface area contributed by atoms with Gasteiger partial charge in [-0.1, -0.05) is 68.8 Å². The van der Waals surface area contributed by atoms with Gasteiger partial charge in [0.2, 0.25) is 0 Å². The first-order valence-electron chi connectivity index (χ1n) is 10.9. The Morgan fingerprint density at radius 1 is 1.00 bits per heavy atom. The lowest BCUT2D eigenvalue weighted by molar-refractivity contribution is 0.477. The quantitative estimate of drug-likeness (QED) is 0.472. The van der Waals surface area contributed by atoms with E-state index >= 15 is 0 Å². The lowest BCUT2D eigenvalue weighted by atomic mass is 9.70. The Kier molecular flexibility index (Phi) is 4.28. The molecule has 152 valence electrons. The fourth-order valence-corrected chi connectivity index (χ4v) is 5.00. The molecule has 3 aromatic rings. The summed E-state index contributed by atoms with van der Waals surface area (Å²) in [6.45, 7) is 9.19. The van der Waals surface area contributed by atoms with Crippen molar-refractivity contribution < 1.29 is 0 Å². The van der Waals surface area contributed by atoms with Crippen LogP contribution >= 0.6 is 0 Å². The largest absolute Gasteiger partial charge is 0.386 e. The van der Waals surface area contributed by atoms with E-state index in [1.54, 1.807) is 5.57 Å². The first kappa shape index (κ1) is 19.0. The van der Waals surface area contributed by atoms with Crippen LogP contribution in [-0.4, -0.2) is 7.05 Å². The third-order valence-corrected chi connectivity index (χ3v) is 6.67. The summed E-state index contributed by atoms with van der Waals surface area (Å²) in [6.07, 6.45) is 8.34. The zero-order valence-electron chi connectivity index (χ0n) is 18.6. The van der Waals surface area contributed by atoms with Crippen molar-refractivity contribution in [1.29, 1.82) is 0 Å². The smallest absolute Gasteiger partial charge is 0.0620 e. The van der Waals surface area contributed by atoms with Crippen LogP contribution in [0.25, 0.3) is 22.9 Å². The number of aryl methyl sites for hydroxylation is 1. The maximum atomic E-state index is 3.74. The molecule has 0 saturated heterocycles. The van der Waals surface area contributed by atoms with E-state index in [0.29, 0.717) is 5.92 Å². The molecule has 2 heteroatoms. The Hall–Kier alpha value is -3.00. The molecule has 0 bridgehead atoms. The fourth-order valence-electron chi connectivity index (χ4n) is 5.00. The predicted octanol–water partition coefficient (Wildman–Crippen LogP) is 7.88. The molecule has 0 heterocycles. The van der Waals surface area contributed by atoms with Gasteiger partial charge in [-0.05, 0) is 64.4 Å². The van der Waals surface area contributed by atoms with Crippen LogP contribution in [0.5, 0.6) is 0 Å². The molecule has 5 rings (SSSR count). The number of allylic oxidation sites excluding steroid dienone is 2. The van der Waals surface area contributed by atoms with E-state index in [2.05, 4.69) is 99.0 Å². The molecular formula is C28H30N2. The van der Waals surface area contributed by atoms with Gasteiger partial charge in [-0.15, -0.1) is 0 Å². The van der Waals surface area contributed by atoms with E-state index < -0.39 is 0 Å². The average molecular weight is 395 g/mol. The highest BCUT2D eigenvalue weighted by Crippen LogP contribution is 2.49. The lowest BCUT2D eigenvalue weighted by Gasteiger charge is -2.34. The topological polar surface area (TPSA) is 24.1 Å². The van der Waals surface area contributed by atoms with Crippen LogP contribution in [0.15, 0.2) is 54.1 Å². The van der Waals surface area contributed by atoms with Gasteiger partial charge in [0.1, 0.15) is 0 Å². The van der Waals surface area contributed by atoms with Gasteiger partial charge >= 0.3 is 0 Å². The minimum Gasteiger partial charge on any atom is -0.386 e. The molecule has 0 amide bonds. The van der Waals surface area contributed by atoms with Crippen molar-refractivity contribution in [2.45, 2.75) is 40.0 Å². The van der Waals surface area contributed by atoms with Crippen LogP contribution < -0.4 is 10.6 Å². The molecular weight excluding hydrogens is 364 g/mol. The van der Waals surface area contributed by atoms with E-state index in [0.717, 1.165) is 17.8 Å². The lowest BCUT2D eigenvalue weighted by Crippen LogP contribution is -2.17. The third-order valence-electron chi connectivity index (χ3n) is 6.67. The summed E-state index contributed by atoms with van der Waals surface area (Å²) in [5, 5.41) is 9.80. The zero-order chi connectivity index (χ0) is 21.0. The van der Waals surface area contributed by atoms with Crippen molar-refractivity contribution in [2.24, 2.45) is 5.41 Å². The highest BCUT2D eigenvalue weighted by Gasteiger charge is 2.30. The van der Waals surface area contributed by atoms with Gasteiger partial charge in [0.15, 0.2) is 0 Å². The maximum Gasteiger partial charge on any atom is 0.0620 e. The zero-order valence-corrected chi connectivity index (χ0v) is 18.6. The number of hydrogen-bond acceptors (Lipinski definition) is 2. The van der Waals surface area contributed by atoms with Crippen LogP contribution in [-0.2, 0) is 0 Å². The molecule has 2 aliphatic rings. The monoisotopic (exact) mass is 394 g/mol. The van der Waals surface area contributed by atoms with Gasteiger partial charge in [0.25, 0.3) is 0 Å². The van der Waals surface area contributed by atoms with E-state index in [4.69, 9.17) is 0 Å². The molecule has 1 atom stereocenters. The molecule has 0 aromatic heterocycles. The molecule has 1 unspecified atom stereocenters. The SMILES string of the molecule is CNc1ccccc1Nc1c(C)cc2ccc3c4c2c1C=CC4CC(C(C)(C)C)=C3. The van der Waals surface area contributed by atoms with Gasteiger partial charge in [-0.25, -0.2) is 0 Å². The Labute approximate surface area is 179 Å². The molecule has 0 spiro atoms. The Balaban J connectivity index is 1.73. The molecule has 30 heavy (non-hydrogen) atoms. The minimum absolute atomic E-state index is 0.206. The number of para-hydroxylation sites is 2. The second-order valence-electron chi connectivity index (χ2n) is 9.66. The Morgan fingerprint density at radius 3 is 2.50 bits per heavy atom. The summed E-state index contributed by atoms with van der Waals surface area (Å²) in [7, 11) is 1.97. The summed E-state index contributed by atoms with van der Waals surface area (Å²) in [5.74, 6) is 0.468. The summed E-state index contributed by atoms with van der Waals surface area (Å²) in [5.41, 5.74) is 10.6. The first-order valence-corrected chi connectivity index (χ1v) is 10.9. The molecule has 0 saturated carbocycles. The number of rotatable bonds is 3. The van der Waals surface area contributed by atoms with Crippen LogP contribution in [0, 0.1) is 12.3 Å². The number of hydrogen-bond donors (Lipinski definition) is 2. The van der Waals surface area contributed by atoms with Crippen molar-refractivity contribution >= 4 is 40.0 Å². The minimum atomic E-state index is 0.206. The van der Waals surface area contributed by atoms with Crippen molar-refractivity contribution in [3.8, 4) is 0 Å². The number of anilines is 3. The van der Waals surface area contributed by atoms with Gasteiger partial charge < -0.3 is 10.6 Å². The van der Waals surface area contributed by atoms with Gasteiger partial charge in [-0.3, -0.25) is 0 Å². The summed E-state index contributed by atoms with van der Waals surface area (Å²) in [6, 6.07) is 15.3. The van der Waals surface area contributed by atoms with E-state index in [1.165, 1.54) is 38.7 Å². The molecule has 2 N–H and O–H groups in total. The number of benzene rings is 3. The van der Waals surface area contributed by atoms with Crippen LogP contribution in [0.2, 0.25) is 0 Å². The van der Waals surface area contributed by atoms with Gasteiger partial charge in [0.05, 0.1) is 11.4 Å². The predicted molar refractivity (Wildman–Crippen MR) is 132 cm³/mol. The van der Waals surface area contributed by atoms with Crippen molar-refractivity contribution in [1.82, 2.24) is 0 Å². The molecule has 2 nitrogen and oxygen atoms in total. The van der Waals surface area contributed by atoms with Crippen molar-refractivity contribution in [3.05, 3.63) is 76.4 Å². The highest BCUT2D eigenvalue weighted by atomic mass is 14.9. The summed E-state index contributed by atoms with van der Waals surface area (Å²) in [4.78, 5) is 0. The third kappa shape index (κ3) is 2.94. The van der Waals surface area contributed by atoms with Crippen molar-refractivity contribution in [3.63, 3.8) is 0 Å². The van der Waals surface area contributed by atoms with Crippen molar-refractivity contribution in [2.75, 3.05) is 17.7 Å². The fraction of sp³-hybridized carbons (Fsp3) is 0.286. The van der Waals surface area contributed by atoms with E-state index in [1.807, 2.05) is 7.05 Å². The molecule has 0 fully saturated rings. The van der Waals surface area contributed by atoms with E-state index in [9.17, 15) is 0 Å². The molecule has 0 aliphatic heterocycles. The summed E-state index contributed by atoms with van der Waals surface area (Å²) >= 11 is 0. The maximum absolute atomic E-state index is 3.74. The highest BCUT2D eigenvalue weighted by molar-refractivity contribution is 6.04. The average Bonchev–Trinajstić information content (AvgIpc) is 2.73. The van der Waals surface area contributed by atoms with Gasteiger partial charge in [-0.2, -0.15) is 0 Å². The standard InChI is InChI=1S/C28H30N2/c1-17-14-18-10-11-19-15-21(28(2,3)4)16-20-12-13-22(26(18)25(19)20)27(17)30-24-9-7-6-8-23(24)29-5/h6-15,20,29-30H,16H2,1-5H3. The molecule has 3 aromatic carbocycles. The Morgan fingerprint density at radius 2 is 1.77 bits per heavy atom. The molecule has 2 aliphatic carbocycles. The molecule has 0 radical (unpaired) electrons. The Bertz CT molecular complexity index is 1220. The second kappa shape index (κ2) is 6.77. The van der Waals surface area contributed by atoms with Crippen LogP contribution in [0.4, 0.5) is 17.1 Å². The number of nitrogens with one attached hydrogen (secondary N) is 2. The normalized spacial score (nSPS) is 17.1. The summed E-state index contributed by atoms with van der Waals surface area (Å²) < 4.78 is 0. The van der Waals surface area contributed by atoms with Crippen LogP contribution in [0.3, 0.4) is 0 Å². The van der Waals surface area contributed by atoms with E-state index in [-0.39, 0.29) is 5.41 Å². The van der Waals surface area contributed by atoms with Gasteiger partial charge in [0, 0.05) is 24.2 Å².